The Kier molecular flexibility index (Phi) is 3.36. The Morgan fingerprint density at radius 1 is 1.38 bits per heavy atom. The first kappa shape index (κ1) is 13.6. The van der Waals surface area contributed by atoms with Crippen LogP contribution in [-0.2, 0) is 6.54 Å². The van der Waals surface area contributed by atoms with Crippen LogP contribution >= 0.6 is 0 Å². The van der Waals surface area contributed by atoms with Crippen LogP contribution in [0.3, 0.4) is 0 Å². The van der Waals surface area contributed by atoms with Crippen LogP contribution in [0.1, 0.15) is 42.5 Å². The van der Waals surface area contributed by atoms with E-state index in [9.17, 15) is 9.59 Å². The predicted octanol–water partition coefficient (Wildman–Crippen LogP) is 0.752. The number of aromatic carboxylic acids is 1. The van der Waals surface area contributed by atoms with Gasteiger partial charge in [0.1, 0.15) is 5.56 Å². The molecule has 3 N–H and O–H groups in total. The number of carboxylic acids is 1. The average Bonchev–Trinajstić information content (AvgIpc) is 2.85. The molecule has 2 aromatic rings. The van der Waals surface area contributed by atoms with Crippen LogP contribution in [0, 0.1) is 5.92 Å². The van der Waals surface area contributed by atoms with Gasteiger partial charge in [-0.15, -0.1) is 5.10 Å². The Bertz CT molecular complexity index is 742. The predicted molar refractivity (Wildman–Crippen MR) is 75.2 cm³/mol. The Hall–Kier alpha value is -2.38. The van der Waals surface area contributed by atoms with Crippen molar-refractivity contribution in [3.8, 4) is 0 Å². The van der Waals surface area contributed by atoms with Gasteiger partial charge in [-0.3, -0.25) is 4.79 Å². The molecular weight excluding hydrogens is 274 g/mol. The standard InChI is InChI=1S/C13H17N5O3/c14-12-15-13-17(6-8-4-2-1-3-5-8)7-9(11(20)21)10(19)18(13)16-12/h7-8H,1-6H2,(H2,14,16)(H,20,21). The number of rotatable bonds is 3. The zero-order valence-corrected chi connectivity index (χ0v) is 11.5. The van der Waals surface area contributed by atoms with E-state index in [2.05, 4.69) is 10.1 Å². The molecule has 0 radical (unpaired) electrons. The smallest absolute Gasteiger partial charge is 0.342 e. The van der Waals surface area contributed by atoms with Gasteiger partial charge in [0, 0.05) is 12.7 Å². The summed E-state index contributed by atoms with van der Waals surface area (Å²) in [4.78, 5) is 27.3. The fourth-order valence-electron chi connectivity index (χ4n) is 2.95. The van der Waals surface area contributed by atoms with E-state index in [1.54, 1.807) is 4.57 Å². The van der Waals surface area contributed by atoms with Crippen molar-refractivity contribution in [3.05, 3.63) is 22.1 Å². The lowest BCUT2D eigenvalue weighted by Gasteiger charge is -2.22. The molecule has 8 nitrogen and oxygen atoms in total. The van der Waals surface area contributed by atoms with Crippen molar-refractivity contribution in [2.45, 2.75) is 38.6 Å². The average molecular weight is 291 g/mol. The maximum atomic E-state index is 12.0. The van der Waals surface area contributed by atoms with Crippen molar-refractivity contribution >= 4 is 17.7 Å². The highest BCUT2D eigenvalue weighted by Gasteiger charge is 2.20. The summed E-state index contributed by atoms with van der Waals surface area (Å²) in [5.74, 6) is -0.543. The largest absolute Gasteiger partial charge is 0.477 e. The molecule has 0 unspecified atom stereocenters. The van der Waals surface area contributed by atoms with Crippen molar-refractivity contribution in [2.75, 3.05) is 5.73 Å². The van der Waals surface area contributed by atoms with E-state index in [-0.39, 0.29) is 11.5 Å². The minimum Gasteiger partial charge on any atom is -0.477 e. The third-order valence-electron chi connectivity index (χ3n) is 3.98. The van der Waals surface area contributed by atoms with Gasteiger partial charge in [-0.05, 0) is 18.8 Å². The molecule has 3 rings (SSSR count). The summed E-state index contributed by atoms with van der Waals surface area (Å²) in [6, 6.07) is 0. The molecule has 8 heteroatoms. The number of hydrogen-bond acceptors (Lipinski definition) is 5. The van der Waals surface area contributed by atoms with Gasteiger partial charge in [0.25, 0.3) is 5.56 Å². The highest BCUT2D eigenvalue weighted by Crippen LogP contribution is 2.25. The molecule has 0 aromatic carbocycles. The van der Waals surface area contributed by atoms with Crippen LogP contribution in [0.25, 0.3) is 5.78 Å². The van der Waals surface area contributed by atoms with Gasteiger partial charge in [-0.1, -0.05) is 19.3 Å². The van der Waals surface area contributed by atoms with Crippen LogP contribution in [0.5, 0.6) is 0 Å². The summed E-state index contributed by atoms with van der Waals surface area (Å²) in [5, 5.41) is 13.0. The molecule has 0 spiro atoms. The first-order chi connectivity index (χ1) is 10.1. The van der Waals surface area contributed by atoms with Gasteiger partial charge in [0.2, 0.25) is 11.7 Å². The fourth-order valence-corrected chi connectivity index (χ4v) is 2.95. The van der Waals surface area contributed by atoms with E-state index in [1.807, 2.05) is 0 Å². The second kappa shape index (κ2) is 5.19. The summed E-state index contributed by atoms with van der Waals surface area (Å²) in [6.07, 6.45) is 7.16. The topological polar surface area (TPSA) is 116 Å². The quantitative estimate of drug-likeness (QED) is 0.862. The van der Waals surface area contributed by atoms with Crippen LogP contribution in [0.4, 0.5) is 5.95 Å². The SMILES string of the molecule is Nc1nc2n(CC3CCCCC3)cc(C(=O)O)c(=O)n2n1. The zero-order chi connectivity index (χ0) is 15.0. The number of anilines is 1. The van der Waals surface area contributed by atoms with Crippen molar-refractivity contribution in [1.29, 1.82) is 0 Å². The molecule has 2 heterocycles. The Labute approximate surface area is 120 Å². The molecule has 0 atom stereocenters. The first-order valence-corrected chi connectivity index (χ1v) is 7.05. The molecular formula is C13H17N5O3. The van der Waals surface area contributed by atoms with E-state index < -0.39 is 11.5 Å². The van der Waals surface area contributed by atoms with Crippen molar-refractivity contribution < 1.29 is 9.90 Å². The normalized spacial score (nSPS) is 16.4. The van der Waals surface area contributed by atoms with E-state index in [4.69, 9.17) is 10.8 Å². The van der Waals surface area contributed by atoms with E-state index in [0.29, 0.717) is 18.2 Å². The maximum absolute atomic E-state index is 12.0. The summed E-state index contributed by atoms with van der Waals surface area (Å²) in [6.45, 7) is 0.627. The molecule has 21 heavy (non-hydrogen) atoms. The number of carbonyl (C=O) groups is 1. The van der Waals surface area contributed by atoms with Crippen LogP contribution in [0.15, 0.2) is 11.0 Å². The number of fused-ring (bicyclic) bond motifs is 1. The Morgan fingerprint density at radius 2 is 2.10 bits per heavy atom. The van der Waals surface area contributed by atoms with E-state index in [0.717, 1.165) is 17.4 Å². The van der Waals surface area contributed by atoms with Crippen molar-refractivity contribution in [2.24, 2.45) is 5.92 Å². The monoisotopic (exact) mass is 291 g/mol. The van der Waals surface area contributed by atoms with Gasteiger partial charge < -0.3 is 15.4 Å². The first-order valence-electron chi connectivity index (χ1n) is 7.05. The Morgan fingerprint density at radius 3 is 2.76 bits per heavy atom. The van der Waals surface area contributed by atoms with E-state index in [1.165, 1.54) is 25.5 Å². The second-order valence-corrected chi connectivity index (χ2v) is 5.49. The highest BCUT2D eigenvalue weighted by molar-refractivity contribution is 5.87. The summed E-state index contributed by atoms with van der Waals surface area (Å²) < 4.78 is 2.66. The molecule has 2 aromatic heterocycles. The number of hydrogen-bond donors (Lipinski definition) is 2. The summed E-state index contributed by atoms with van der Waals surface area (Å²) in [7, 11) is 0. The van der Waals surface area contributed by atoms with E-state index >= 15 is 0 Å². The van der Waals surface area contributed by atoms with Gasteiger partial charge in [0.05, 0.1) is 0 Å². The van der Waals surface area contributed by atoms with Crippen molar-refractivity contribution in [3.63, 3.8) is 0 Å². The van der Waals surface area contributed by atoms with Crippen LogP contribution in [0.2, 0.25) is 0 Å². The number of nitrogen functional groups attached to an aromatic ring is 1. The third kappa shape index (κ3) is 2.48. The second-order valence-electron chi connectivity index (χ2n) is 5.49. The fraction of sp³-hybridized carbons (Fsp3) is 0.538. The number of nitrogens with two attached hydrogens (primary N) is 1. The van der Waals surface area contributed by atoms with Gasteiger partial charge in [-0.2, -0.15) is 9.50 Å². The lowest BCUT2D eigenvalue weighted by molar-refractivity contribution is 0.0693. The minimum atomic E-state index is -1.27. The van der Waals surface area contributed by atoms with Crippen molar-refractivity contribution in [1.82, 2.24) is 19.2 Å². The molecule has 112 valence electrons. The molecule has 1 fully saturated rings. The lowest BCUT2D eigenvalue weighted by Crippen LogP contribution is -2.27. The highest BCUT2D eigenvalue weighted by atomic mass is 16.4. The summed E-state index contributed by atoms with van der Waals surface area (Å²) >= 11 is 0. The molecule has 1 aliphatic carbocycles. The van der Waals surface area contributed by atoms with Gasteiger partial charge in [0.15, 0.2) is 0 Å². The number of aromatic nitrogens is 4. The molecule has 0 amide bonds. The number of carboxylic acid groups (broad SMARTS) is 1. The zero-order valence-electron chi connectivity index (χ0n) is 11.5. The third-order valence-corrected chi connectivity index (χ3v) is 3.98. The van der Waals surface area contributed by atoms with Gasteiger partial charge >= 0.3 is 5.97 Å². The molecule has 0 bridgehead atoms. The molecule has 1 saturated carbocycles. The van der Waals surface area contributed by atoms with Crippen LogP contribution < -0.4 is 11.3 Å². The minimum absolute atomic E-state index is 0.0352. The molecule has 0 saturated heterocycles. The molecule has 1 aliphatic rings. The number of nitrogens with zero attached hydrogens (tertiary/aromatic N) is 4. The molecule has 0 aliphatic heterocycles. The Balaban J connectivity index is 2.09. The van der Waals surface area contributed by atoms with Gasteiger partial charge in [-0.25, -0.2) is 4.79 Å². The van der Waals surface area contributed by atoms with Crippen LogP contribution in [-0.4, -0.2) is 30.2 Å². The lowest BCUT2D eigenvalue weighted by atomic mass is 9.89. The summed E-state index contributed by atoms with van der Waals surface area (Å²) in [5.41, 5.74) is 4.52. The maximum Gasteiger partial charge on any atom is 0.342 e.